The van der Waals surface area contributed by atoms with Crippen LogP contribution in [0.2, 0.25) is 0 Å². The zero-order valence-electron chi connectivity index (χ0n) is 17.9. The molecule has 7 nitrogen and oxygen atoms in total. The first-order valence-electron chi connectivity index (χ1n) is 10.4. The standard InChI is InChI=1S/C23H29NO6/c1-12(2)11-18(22(26)27)24-21(25)14(4)29-19-10-9-16-15-7-5-6-8-17(15)23(28)30-20(16)13(19)3/h9-10,12,14,18H,5-8,11H2,1-4H3,(H,24,25)(H,26,27)/p-1/t14-,18+/m1/s1. The molecule has 1 aromatic carbocycles. The van der Waals surface area contributed by atoms with E-state index in [-0.39, 0.29) is 18.0 Å². The van der Waals surface area contributed by atoms with E-state index < -0.39 is 24.0 Å². The second kappa shape index (κ2) is 8.90. The maximum absolute atomic E-state index is 12.5. The number of rotatable bonds is 7. The summed E-state index contributed by atoms with van der Waals surface area (Å²) in [5, 5.41) is 14.7. The molecule has 1 aliphatic rings. The molecule has 0 bridgehead atoms. The summed E-state index contributed by atoms with van der Waals surface area (Å²) in [5.41, 5.74) is 2.59. The van der Waals surface area contributed by atoms with Gasteiger partial charge in [-0.25, -0.2) is 4.79 Å². The van der Waals surface area contributed by atoms with Gasteiger partial charge in [0.15, 0.2) is 6.10 Å². The largest absolute Gasteiger partial charge is 0.548 e. The number of hydrogen-bond acceptors (Lipinski definition) is 6. The molecule has 0 radical (unpaired) electrons. The summed E-state index contributed by atoms with van der Waals surface area (Å²) in [6, 6.07) is 2.55. The van der Waals surface area contributed by atoms with Crippen molar-refractivity contribution in [3.63, 3.8) is 0 Å². The van der Waals surface area contributed by atoms with E-state index >= 15 is 0 Å². The van der Waals surface area contributed by atoms with Gasteiger partial charge >= 0.3 is 5.63 Å². The molecular formula is C23H28NO6-. The first-order valence-corrected chi connectivity index (χ1v) is 10.4. The van der Waals surface area contributed by atoms with E-state index in [2.05, 4.69) is 5.32 Å². The summed E-state index contributed by atoms with van der Waals surface area (Å²) in [4.78, 5) is 36.2. The smallest absolute Gasteiger partial charge is 0.339 e. The lowest BCUT2D eigenvalue weighted by molar-refractivity contribution is -0.308. The maximum Gasteiger partial charge on any atom is 0.339 e. The molecule has 0 saturated heterocycles. The first-order chi connectivity index (χ1) is 14.2. The quantitative estimate of drug-likeness (QED) is 0.695. The van der Waals surface area contributed by atoms with Crippen molar-refractivity contribution in [1.82, 2.24) is 5.32 Å². The molecule has 0 unspecified atom stereocenters. The number of nitrogens with one attached hydrogen (secondary N) is 1. The highest BCUT2D eigenvalue weighted by atomic mass is 16.5. The molecule has 0 fully saturated rings. The lowest BCUT2D eigenvalue weighted by Gasteiger charge is -2.24. The lowest BCUT2D eigenvalue weighted by atomic mass is 9.90. The molecule has 30 heavy (non-hydrogen) atoms. The van der Waals surface area contributed by atoms with Gasteiger partial charge in [0.2, 0.25) is 0 Å². The second-order valence-electron chi connectivity index (χ2n) is 8.39. The SMILES string of the molecule is Cc1c(O[C@H](C)C(=O)N[C@@H](CC(C)C)C(=O)[O-])ccc2c3c(c(=O)oc12)CCCC3. The Morgan fingerprint density at radius 2 is 1.83 bits per heavy atom. The van der Waals surface area contributed by atoms with Gasteiger partial charge in [-0.1, -0.05) is 13.8 Å². The Kier molecular flexibility index (Phi) is 6.48. The number of benzene rings is 1. The minimum atomic E-state index is -1.32. The number of aliphatic carboxylic acids is 1. The normalized spacial score (nSPS) is 15.5. The summed E-state index contributed by atoms with van der Waals surface area (Å²) in [5.74, 6) is -1.37. The Labute approximate surface area is 175 Å². The highest BCUT2D eigenvalue weighted by Gasteiger charge is 2.23. The van der Waals surface area contributed by atoms with Gasteiger partial charge in [0.1, 0.15) is 11.3 Å². The van der Waals surface area contributed by atoms with E-state index in [1.54, 1.807) is 19.9 Å². The predicted molar refractivity (Wildman–Crippen MR) is 110 cm³/mol. The molecule has 2 atom stereocenters. The molecule has 1 aromatic heterocycles. The highest BCUT2D eigenvalue weighted by molar-refractivity contribution is 5.87. The Morgan fingerprint density at radius 3 is 2.47 bits per heavy atom. The van der Waals surface area contributed by atoms with Gasteiger partial charge in [0, 0.05) is 16.5 Å². The van der Waals surface area contributed by atoms with E-state index in [0.29, 0.717) is 16.9 Å². The van der Waals surface area contributed by atoms with Crippen molar-refractivity contribution in [1.29, 1.82) is 0 Å². The van der Waals surface area contributed by atoms with Gasteiger partial charge in [0.25, 0.3) is 5.91 Å². The van der Waals surface area contributed by atoms with Gasteiger partial charge < -0.3 is 24.4 Å². The number of carboxylic acid groups (broad SMARTS) is 1. The molecule has 1 amide bonds. The summed E-state index contributed by atoms with van der Waals surface area (Å²) >= 11 is 0. The molecule has 1 aliphatic carbocycles. The Bertz CT molecular complexity index is 1020. The van der Waals surface area contributed by atoms with Gasteiger partial charge in [-0.3, -0.25) is 4.79 Å². The molecule has 2 aromatic rings. The Hall–Kier alpha value is -2.83. The van der Waals surface area contributed by atoms with Crippen LogP contribution in [0, 0.1) is 12.8 Å². The average Bonchev–Trinajstić information content (AvgIpc) is 2.69. The number of fused-ring (bicyclic) bond motifs is 3. The number of amides is 1. The number of carbonyl (C=O) groups is 2. The van der Waals surface area contributed by atoms with Crippen LogP contribution in [0.15, 0.2) is 21.3 Å². The van der Waals surface area contributed by atoms with Crippen molar-refractivity contribution < 1.29 is 23.8 Å². The van der Waals surface area contributed by atoms with Crippen LogP contribution in [0.4, 0.5) is 0 Å². The summed E-state index contributed by atoms with van der Waals surface area (Å²) in [6.45, 7) is 7.06. The van der Waals surface area contributed by atoms with Crippen LogP contribution in [0.3, 0.4) is 0 Å². The predicted octanol–water partition coefficient (Wildman–Crippen LogP) is 2.03. The van der Waals surface area contributed by atoms with Gasteiger partial charge in [-0.2, -0.15) is 0 Å². The van der Waals surface area contributed by atoms with E-state index in [4.69, 9.17) is 9.15 Å². The van der Waals surface area contributed by atoms with Gasteiger partial charge in [-0.05, 0) is 69.6 Å². The molecule has 1 N–H and O–H groups in total. The minimum Gasteiger partial charge on any atom is -0.548 e. The third-order valence-corrected chi connectivity index (χ3v) is 5.57. The van der Waals surface area contributed by atoms with Crippen molar-refractivity contribution in [3.8, 4) is 5.75 Å². The van der Waals surface area contributed by atoms with Crippen LogP contribution < -0.4 is 20.8 Å². The third-order valence-electron chi connectivity index (χ3n) is 5.57. The topological polar surface area (TPSA) is 109 Å². The monoisotopic (exact) mass is 414 g/mol. The number of hydrogen-bond donors (Lipinski definition) is 1. The fourth-order valence-corrected chi connectivity index (χ4v) is 3.97. The number of aryl methyl sites for hydroxylation is 2. The van der Waals surface area contributed by atoms with E-state index in [0.717, 1.165) is 42.2 Å². The number of carboxylic acids is 1. The molecular weight excluding hydrogens is 386 g/mol. The molecule has 0 spiro atoms. The van der Waals surface area contributed by atoms with Gasteiger partial charge in [-0.15, -0.1) is 0 Å². The third kappa shape index (κ3) is 4.50. The van der Waals surface area contributed by atoms with E-state index in [1.807, 2.05) is 19.9 Å². The summed E-state index contributed by atoms with van der Waals surface area (Å²) in [6.07, 6.45) is 2.94. The van der Waals surface area contributed by atoms with Crippen molar-refractivity contribution in [2.75, 3.05) is 0 Å². The summed E-state index contributed by atoms with van der Waals surface area (Å²) < 4.78 is 11.4. The van der Waals surface area contributed by atoms with Crippen molar-refractivity contribution >= 4 is 22.8 Å². The van der Waals surface area contributed by atoms with Crippen LogP contribution in [-0.2, 0) is 22.4 Å². The fraction of sp³-hybridized carbons (Fsp3) is 0.522. The average molecular weight is 414 g/mol. The molecule has 0 aliphatic heterocycles. The zero-order valence-corrected chi connectivity index (χ0v) is 17.9. The fourth-order valence-electron chi connectivity index (χ4n) is 3.97. The van der Waals surface area contributed by atoms with Gasteiger partial charge in [0.05, 0.1) is 12.0 Å². The zero-order chi connectivity index (χ0) is 22.0. The van der Waals surface area contributed by atoms with E-state index in [1.165, 1.54) is 0 Å². The number of carbonyl (C=O) groups excluding carboxylic acids is 2. The molecule has 0 saturated carbocycles. The van der Waals surface area contributed by atoms with Crippen LogP contribution in [-0.4, -0.2) is 24.0 Å². The van der Waals surface area contributed by atoms with E-state index in [9.17, 15) is 19.5 Å². The maximum atomic E-state index is 12.5. The summed E-state index contributed by atoms with van der Waals surface area (Å²) in [7, 11) is 0. The molecule has 1 heterocycles. The second-order valence-corrected chi connectivity index (χ2v) is 8.39. The van der Waals surface area contributed by atoms with Crippen molar-refractivity contribution in [2.24, 2.45) is 5.92 Å². The van der Waals surface area contributed by atoms with Crippen LogP contribution in [0.25, 0.3) is 11.0 Å². The molecule has 162 valence electrons. The Balaban J connectivity index is 1.83. The van der Waals surface area contributed by atoms with Crippen LogP contribution in [0.1, 0.15) is 56.7 Å². The number of ether oxygens (including phenoxy) is 1. The first kappa shape index (κ1) is 21.9. The van der Waals surface area contributed by atoms with Crippen LogP contribution >= 0.6 is 0 Å². The highest BCUT2D eigenvalue weighted by Crippen LogP contribution is 2.32. The van der Waals surface area contributed by atoms with Crippen molar-refractivity contribution in [3.05, 3.63) is 39.2 Å². The lowest BCUT2D eigenvalue weighted by Crippen LogP contribution is -2.51. The Morgan fingerprint density at radius 1 is 1.17 bits per heavy atom. The van der Waals surface area contributed by atoms with Crippen molar-refractivity contribution in [2.45, 2.75) is 71.9 Å². The minimum absolute atomic E-state index is 0.0842. The van der Waals surface area contributed by atoms with Crippen LogP contribution in [0.5, 0.6) is 5.75 Å². The molecule has 7 heteroatoms. The molecule has 3 rings (SSSR count).